The van der Waals surface area contributed by atoms with E-state index < -0.39 is 12.5 Å². The number of carbonyl (C=O) groups excluding carboxylic acids is 1. The van der Waals surface area contributed by atoms with Gasteiger partial charge in [-0.05, 0) is 44.1 Å². The Morgan fingerprint density at radius 3 is 2.84 bits per heavy atom. The lowest BCUT2D eigenvalue weighted by atomic mass is 10.1. The van der Waals surface area contributed by atoms with Crippen LogP contribution in [0.1, 0.15) is 29.4 Å². The molecule has 0 unspecified atom stereocenters. The second kappa shape index (κ2) is 7.75. The van der Waals surface area contributed by atoms with E-state index in [2.05, 4.69) is 25.7 Å². The number of nitrogens with one attached hydrogen (secondary N) is 2. The second-order valence-electron chi connectivity index (χ2n) is 5.54. The number of rotatable bonds is 5. The van der Waals surface area contributed by atoms with Gasteiger partial charge in [-0.1, -0.05) is 16.8 Å². The van der Waals surface area contributed by atoms with Crippen molar-refractivity contribution in [1.82, 2.24) is 20.3 Å². The van der Waals surface area contributed by atoms with Crippen molar-refractivity contribution in [3.63, 3.8) is 0 Å². The molecule has 1 aromatic carbocycles. The van der Waals surface area contributed by atoms with Crippen molar-refractivity contribution < 1.29 is 18.3 Å². The van der Waals surface area contributed by atoms with Gasteiger partial charge < -0.3 is 15.4 Å². The number of hydrogen-bond acceptors (Lipinski definition) is 5. The Morgan fingerprint density at radius 2 is 2.16 bits per heavy atom. The molecule has 0 aliphatic carbocycles. The quantitative estimate of drug-likeness (QED) is 0.844. The highest BCUT2D eigenvalue weighted by Crippen LogP contribution is 2.29. The molecule has 1 fully saturated rings. The minimum Gasteiger partial charge on any atom is -0.433 e. The molecule has 134 valence electrons. The van der Waals surface area contributed by atoms with E-state index in [0.717, 1.165) is 25.9 Å². The number of hydrogen-bond donors (Lipinski definition) is 2. The van der Waals surface area contributed by atoms with Gasteiger partial charge in [0.2, 0.25) is 0 Å². The summed E-state index contributed by atoms with van der Waals surface area (Å²) in [4.78, 5) is 12.3. The number of amides is 1. The predicted octanol–water partition coefficient (Wildman–Crippen LogP) is 2.71. The number of aromatic nitrogens is 3. The van der Waals surface area contributed by atoms with Crippen LogP contribution in [0.4, 0.5) is 14.5 Å². The SMILES string of the molecule is O=C(Nc1ccc(OC(F)F)c(Cl)c1)c1cn(C2CCNCC2)nn1. The molecule has 2 N–H and O–H groups in total. The summed E-state index contributed by atoms with van der Waals surface area (Å²) in [6.07, 6.45) is 3.44. The van der Waals surface area contributed by atoms with Gasteiger partial charge in [-0.3, -0.25) is 4.79 Å². The third-order valence-corrected chi connectivity index (χ3v) is 4.13. The molecule has 3 rings (SSSR count). The van der Waals surface area contributed by atoms with Gasteiger partial charge >= 0.3 is 6.61 Å². The highest BCUT2D eigenvalue weighted by Gasteiger charge is 2.19. The molecule has 1 aromatic heterocycles. The smallest absolute Gasteiger partial charge is 0.387 e. The Balaban J connectivity index is 1.66. The summed E-state index contributed by atoms with van der Waals surface area (Å²) in [5.74, 6) is -0.620. The number of anilines is 1. The van der Waals surface area contributed by atoms with Crippen molar-refractivity contribution in [3.8, 4) is 5.75 Å². The summed E-state index contributed by atoms with van der Waals surface area (Å²) in [7, 11) is 0. The number of ether oxygens (including phenoxy) is 1. The number of halogens is 3. The van der Waals surface area contributed by atoms with Gasteiger partial charge in [-0.2, -0.15) is 8.78 Å². The Hall–Kier alpha value is -2.26. The number of carbonyl (C=O) groups is 1. The lowest BCUT2D eigenvalue weighted by Crippen LogP contribution is -2.29. The van der Waals surface area contributed by atoms with Crippen LogP contribution in [0.3, 0.4) is 0 Å². The molecule has 1 aliphatic heterocycles. The lowest BCUT2D eigenvalue weighted by molar-refractivity contribution is -0.0497. The minimum atomic E-state index is -2.97. The van der Waals surface area contributed by atoms with Crippen LogP contribution in [-0.2, 0) is 0 Å². The normalized spacial score (nSPS) is 15.4. The molecule has 0 spiro atoms. The van der Waals surface area contributed by atoms with Crippen molar-refractivity contribution in [2.24, 2.45) is 0 Å². The van der Waals surface area contributed by atoms with Crippen LogP contribution >= 0.6 is 11.6 Å². The molecule has 1 amide bonds. The maximum Gasteiger partial charge on any atom is 0.387 e. The first kappa shape index (κ1) is 17.6. The standard InChI is InChI=1S/C15H16ClF2N5O2/c16-11-7-9(1-2-13(11)25-15(17)18)20-14(24)12-8-23(22-21-12)10-3-5-19-6-4-10/h1-2,7-8,10,15,19H,3-6H2,(H,20,24). The number of benzene rings is 1. The average Bonchev–Trinajstić information content (AvgIpc) is 3.08. The molecule has 2 heterocycles. The molecule has 0 bridgehead atoms. The van der Waals surface area contributed by atoms with E-state index in [9.17, 15) is 13.6 Å². The van der Waals surface area contributed by atoms with Crippen molar-refractivity contribution in [1.29, 1.82) is 0 Å². The molecule has 0 radical (unpaired) electrons. The van der Waals surface area contributed by atoms with E-state index in [1.54, 1.807) is 10.9 Å². The summed E-state index contributed by atoms with van der Waals surface area (Å²) >= 11 is 5.86. The second-order valence-corrected chi connectivity index (χ2v) is 5.95. The van der Waals surface area contributed by atoms with Crippen LogP contribution < -0.4 is 15.4 Å². The van der Waals surface area contributed by atoms with Gasteiger partial charge in [0.05, 0.1) is 17.3 Å². The van der Waals surface area contributed by atoms with Gasteiger partial charge in [-0.15, -0.1) is 5.10 Å². The van der Waals surface area contributed by atoms with Crippen molar-refractivity contribution in [2.45, 2.75) is 25.5 Å². The largest absolute Gasteiger partial charge is 0.433 e. The third-order valence-electron chi connectivity index (χ3n) is 3.83. The molecule has 1 saturated heterocycles. The zero-order chi connectivity index (χ0) is 17.8. The maximum atomic E-state index is 12.3. The first-order chi connectivity index (χ1) is 12.0. The fourth-order valence-corrected chi connectivity index (χ4v) is 2.82. The first-order valence-corrected chi connectivity index (χ1v) is 8.09. The average molecular weight is 372 g/mol. The van der Waals surface area contributed by atoms with E-state index >= 15 is 0 Å². The fraction of sp³-hybridized carbons (Fsp3) is 0.400. The maximum absolute atomic E-state index is 12.3. The summed E-state index contributed by atoms with van der Waals surface area (Å²) in [5.41, 5.74) is 0.510. The van der Waals surface area contributed by atoms with Crippen LogP contribution in [0.5, 0.6) is 5.75 Å². The molecule has 0 saturated carbocycles. The highest BCUT2D eigenvalue weighted by atomic mass is 35.5. The van der Waals surface area contributed by atoms with Crippen LogP contribution in [0.2, 0.25) is 5.02 Å². The fourth-order valence-electron chi connectivity index (χ4n) is 2.60. The third kappa shape index (κ3) is 4.43. The molecular weight excluding hydrogens is 356 g/mol. The monoisotopic (exact) mass is 371 g/mol. The van der Waals surface area contributed by atoms with E-state index in [0.29, 0.717) is 5.69 Å². The molecule has 1 aliphatic rings. The summed E-state index contributed by atoms with van der Waals surface area (Å²) in [6.45, 7) is -1.17. The summed E-state index contributed by atoms with van der Waals surface area (Å²) < 4.78 is 30.4. The molecule has 10 heteroatoms. The molecule has 7 nitrogen and oxygen atoms in total. The van der Waals surface area contributed by atoms with E-state index in [1.807, 2.05) is 0 Å². The summed E-state index contributed by atoms with van der Waals surface area (Å²) in [6, 6.07) is 4.22. The Labute approximate surface area is 147 Å². The first-order valence-electron chi connectivity index (χ1n) is 7.71. The minimum absolute atomic E-state index is 0.0311. The number of piperidine rings is 1. The van der Waals surface area contributed by atoms with E-state index in [-0.39, 0.29) is 22.5 Å². The van der Waals surface area contributed by atoms with Gasteiger partial charge in [0.1, 0.15) is 5.75 Å². The Bertz CT molecular complexity index is 749. The predicted molar refractivity (Wildman–Crippen MR) is 87.2 cm³/mol. The zero-order valence-electron chi connectivity index (χ0n) is 13.1. The summed E-state index contributed by atoms with van der Waals surface area (Å²) in [5, 5.41) is 13.7. The van der Waals surface area contributed by atoms with E-state index in [1.165, 1.54) is 18.2 Å². The Morgan fingerprint density at radius 1 is 1.40 bits per heavy atom. The van der Waals surface area contributed by atoms with Crippen LogP contribution in [0.25, 0.3) is 0 Å². The Kier molecular flexibility index (Phi) is 5.44. The van der Waals surface area contributed by atoms with Crippen molar-refractivity contribution in [3.05, 3.63) is 35.1 Å². The topological polar surface area (TPSA) is 81.1 Å². The highest BCUT2D eigenvalue weighted by molar-refractivity contribution is 6.32. The molecular formula is C15H16ClF2N5O2. The molecule has 2 aromatic rings. The van der Waals surface area contributed by atoms with Crippen LogP contribution in [-0.4, -0.2) is 40.6 Å². The molecule has 25 heavy (non-hydrogen) atoms. The zero-order valence-corrected chi connectivity index (χ0v) is 13.8. The molecule has 0 atom stereocenters. The van der Waals surface area contributed by atoms with Gasteiger partial charge in [0.15, 0.2) is 5.69 Å². The van der Waals surface area contributed by atoms with Gasteiger partial charge in [0, 0.05) is 5.69 Å². The van der Waals surface area contributed by atoms with Gasteiger partial charge in [0.25, 0.3) is 5.91 Å². The lowest BCUT2D eigenvalue weighted by Gasteiger charge is -2.22. The van der Waals surface area contributed by atoms with Crippen molar-refractivity contribution >= 4 is 23.2 Å². The van der Waals surface area contributed by atoms with Crippen LogP contribution in [0, 0.1) is 0 Å². The van der Waals surface area contributed by atoms with Crippen molar-refractivity contribution in [2.75, 3.05) is 18.4 Å². The van der Waals surface area contributed by atoms with Gasteiger partial charge in [-0.25, -0.2) is 4.68 Å². The van der Waals surface area contributed by atoms with E-state index in [4.69, 9.17) is 11.6 Å². The number of nitrogens with zero attached hydrogens (tertiary/aromatic N) is 3. The number of alkyl halides is 2. The van der Waals surface area contributed by atoms with Crippen LogP contribution in [0.15, 0.2) is 24.4 Å².